The minimum absolute atomic E-state index is 0.0241. The third-order valence-corrected chi connectivity index (χ3v) is 8.10. The standard InChI is InChI=1S/C16H21FN4O4S2/c1-19-12-15(11-18-19)27(24,25)21-8-4-7-20(9-10-21)26(22,23)13-14-5-2-3-6-16(14)17/h2-3,5-6,11-12H,4,7-10,13H2,1H3. The second-order valence-electron chi connectivity index (χ2n) is 6.35. The number of rotatable bonds is 5. The van der Waals surface area contributed by atoms with Crippen LogP contribution >= 0.6 is 0 Å². The molecule has 1 saturated heterocycles. The quantitative estimate of drug-likeness (QED) is 0.718. The van der Waals surface area contributed by atoms with Crippen molar-refractivity contribution in [2.45, 2.75) is 17.1 Å². The molecule has 8 nitrogen and oxygen atoms in total. The van der Waals surface area contributed by atoms with E-state index in [-0.39, 0.29) is 36.6 Å². The Bertz CT molecular complexity index is 1020. The summed E-state index contributed by atoms with van der Waals surface area (Å²) < 4.78 is 68.4. The van der Waals surface area contributed by atoms with Crippen molar-refractivity contribution < 1.29 is 21.2 Å². The molecule has 0 amide bonds. The summed E-state index contributed by atoms with van der Waals surface area (Å²) >= 11 is 0. The lowest BCUT2D eigenvalue weighted by molar-refractivity contribution is 0.404. The first kappa shape index (κ1) is 19.9. The Morgan fingerprint density at radius 3 is 2.37 bits per heavy atom. The number of halogens is 1. The number of hydrogen-bond acceptors (Lipinski definition) is 5. The van der Waals surface area contributed by atoms with Crippen molar-refractivity contribution in [3.63, 3.8) is 0 Å². The summed E-state index contributed by atoms with van der Waals surface area (Å²) in [6.45, 7) is 0.461. The predicted molar refractivity (Wildman–Crippen MR) is 97.2 cm³/mol. The van der Waals surface area contributed by atoms with E-state index < -0.39 is 31.6 Å². The van der Waals surface area contributed by atoms with Gasteiger partial charge in [-0.1, -0.05) is 18.2 Å². The molecule has 0 N–H and O–H groups in total. The molecule has 1 aliphatic heterocycles. The number of sulfonamides is 2. The van der Waals surface area contributed by atoms with Gasteiger partial charge in [-0.15, -0.1) is 0 Å². The molecule has 1 aromatic carbocycles. The minimum Gasteiger partial charge on any atom is -0.274 e. The summed E-state index contributed by atoms with van der Waals surface area (Å²) in [5, 5.41) is 3.88. The van der Waals surface area contributed by atoms with Crippen molar-refractivity contribution in [3.8, 4) is 0 Å². The highest BCUT2D eigenvalue weighted by atomic mass is 32.2. The zero-order chi connectivity index (χ0) is 19.7. The van der Waals surface area contributed by atoms with Gasteiger partial charge in [0.25, 0.3) is 0 Å². The maximum absolute atomic E-state index is 13.8. The summed E-state index contributed by atoms with van der Waals surface area (Å²) in [5.41, 5.74) is 0.0987. The molecule has 1 fully saturated rings. The lowest BCUT2D eigenvalue weighted by atomic mass is 10.2. The summed E-state index contributed by atoms with van der Waals surface area (Å²) in [6, 6.07) is 5.73. The molecule has 0 atom stereocenters. The van der Waals surface area contributed by atoms with E-state index in [0.29, 0.717) is 6.42 Å². The van der Waals surface area contributed by atoms with Crippen LogP contribution in [0.5, 0.6) is 0 Å². The Labute approximate surface area is 158 Å². The van der Waals surface area contributed by atoms with Gasteiger partial charge in [-0.3, -0.25) is 4.68 Å². The number of benzene rings is 1. The fourth-order valence-electron chi connectivity index (χ4n) is 2.97. The monoisotopic (exact) mass is 416 g/mol. The molecular formula is C16H21FN4O4S2. The first-order valence-electron chi connectivity index (χ1n) is 8.40. The van der Waals surface area contributed by atoms with Crippen LogP contribution in [0.1, 0.15) is 12.0 Å². The van der Waals surface area contributed by atoms with E-state index in [9.17, 15) is 21.2 Å². The summed E-state index contributed by atoms with van der Waals surface area (Å²) in [4.78, 5) is 0.0765. The molecule has 0 aliphatic carbocycles. The van der Waals surface area contributed by atoms with E-state index in [2.05, 4.69) is 5.10 Å². The Kier molecular flexibility index (Phi) is 5.65. The zero-order valence-corrected chi connectivity index (χ0v) is 16.5. The van der Waals surface area contributed by atoms with Gasteiger partial charge in [0.15, 0.2) is 0 Å². The van der Waals surface area contributed by atoms with Gasteiger partial charge in [0.05, 0.1) is 11.9 Å². The van der Waals surface area contributed by atoms with Gasteiger partial charge in [0.1, 0.15) is 10.7 Å². The van der Waals surface area contributed by atoms with Crippen LogP contribution in [0.2, 0.25) is 0 Å². The van der Waals surface area contributed by atoms with Gasteiger partial charge in [-0.25, -0.2) is 25.5 Å². The molecule has 0 spiro atoms. The molecule has 2 aromatic rings. The maximum atomic E-state index is 13.8. The van der Waals surface area contributed by atoms with Crippen molar-refractivity contribution in [1.82, 2.24) is 18.4 Å². The van der Waals surface area contributed by atoms with Crippen LogP contribution in [0.4, 0.5) is 4.39 Å². The Hall–Kier alpha value is -1.82. The number of aromatic nitrogens is 2. The molecule has 1 aliphatic rings. The van der Waals surface area contributed by atoms with E-state index in [1.807, 2.05) is 0 Å². The van der Waals surface area contributed by atoms with Crippen molar-refractivity contribution in [2.75, 3.05) is 26.2 Å². The van der Waals surface area contributed by atoms with Crippen LogP contribution in [0.3, 0.4) is 0 Å². The first-order chi connectivity index (χ1) is 12.7. The van der Waals surface area contributed by atoms with Gasteiger partial charge in [-0.2, -0.15) is 9.40 Å². The van der Waals surface area contributed by atoms with E-state index >= 15 is 0 Å². The molecule has 1 aromatic heterocycles. The van der Waals surface area contributed by atoms with Crippen LogP contribution in [0, 0.1) is 5.82 Å². The number of nitrogens with zero attached hydrogens (tertiary/aromatic N) is 4. The largest absolute Gasteiger partial charge is 0.274 e. The van der Waals surface area contributed by atoms with E-state index in [0.717, 1.165) is 0 Å². The molecular weight excluding hydrogens is 395 g/mol. The lowest BCUT2D eigenvalue weighted by Gasteiger charge is -2.21. The highest BCUT2D eigenvalue weighted by molar-refractivity contribution is 7.89. The Morgan fingerprint density at radius 1 is 1.04 bits per heavy atom. The number of aryl methyl sites for hydroxylation is 1. The normalized spacial score (nSPS) is 17.7. The topological polar surface area (TPSA) is 92.6 Å². The third kappa shape index (κ3) is 4.37. The molecule has 0 bridgehead atoms. The van der Waals surface area contributed by atoms with Crippen molar-refractivity contribution in [3.05, 3.63) is 48.0 Å². The third-order valence-electron chi connectivity index (χ3n) is 4.42. The smallest absolute Gasteiger partial charge is 0.246 e. The van der Waals surface area contributed by atoms with Crippen molar-refractivity contribution >= 4 is 20.0 Å². The lowest BCUT2D eigenvalue weighted by Crippen LogP contribution is -2.37. The Morgan fingerprint density at radius 2 is 1.70 bits per heavy atom. The molecule has 2 heterocycles. The van der Waals surface area contributed by atoms with E-state index in [1.54, 1.807) is 13.1 Å². The predicted octanol–water partition coefficient (Wildman–Crippen LogP) is 0.786. The van der Waals surface area contributed by atoms with Gasteiger partial charge >= 0.3 is 0 Å². The molecule has 0 saturated carbocycles. The van der Waals surface area contributed by atoms with Crippen LogP contribution in [0.25, 0.3) is 0 Å². The SMILES string of the molecule is Cn1cc(S(=O)(=O)N2CCCN(S(=O)(=O)Cc3ccccc3F)CC2)cn1. The average Bonchev–Trinajstić information content (AvgIpc) is 2.89. The molecule has 0 unspecified atom stereocenters. The van der Waals surface area contributed by atoms with Crippen molar-refractivity contribution in [2.24, 2.45) is 7.05 Å². The summed E-state index contributed by atoms with van der Waals surface area (Å²) in [6.07, 6.45) is 3.04. The zero-order valence-electron chi connectivity index (χ0n) is 14.8. The van der Waals surface area contributed by atoms with Crippen LogP contribution < -0.4 is 0 Å². The van der Waals surface area contributed by atoms with E-state index in [1.165, 1.54) is 43.9 Å². The van der Waals surface area contributed by atoms with Gasteiger partial charge in [-0.05, 0) is 12.5 Å². The summed E-state index contributed by atoms with van der Waals surface area (Å²) in [7, 11) is -5.86. The van der Waals surface area contributed by atoms with Gasteiger partial charge in [0.2, 0.25) is 20.0 Å². The molecule has 148 valence electrons. The maximum Gasteiger partial charge on any atom is 0.246 e. The first-order valence-corrected chi connectivity index (χ1v) is 11.4. The fourth-order valence-corrected chi connectivity index (χ4v) is 6.01. The second kappa shape index (κ2) is 7.66. The van der Waals surface area contributed by atoms with Gasteiger partial charge < -0.3 is 0 Å². The molecule has 3 rings (SSSR count). The van der Waals surface area contributed by atoms with E-state index in [4.69, 9.17) is 0 Å². The average molecular weight is 417 g/mol. The van der Waals surface area contributed by atoms with Gasteiger partial charge in [0, 0.05) is 45.0 Å². The van der Waals surface area contributed by atoms with Crippen LogP contribution in [-0.4, -0.2) is 61.4 Å². The van der Waals surface area contributed by atoms with Crippen LogP contribution in [-0.2, 0) is 32.8 Å². The highest BCUT2D eigenvalue weighted by Gasteiger charge is 2.31. The minimum atomic E-state index is -3.76. The highest BCUT2D eigenvalue weighted by Crippen LogP contribution is 2.20. The van der Waals surface area contributed by atoms with Crippen LogP contribution in [0.15, 0.2) is 41.6 Å². The molecule has 27 heavy (non-hydrogen) atoms. The number of hydrogen-bond donors (Lipinski definition) is 0. The summed E-state index contributed by atoms with van der Waals surface area (Å²) in [5.74, 6) is -1.02. The second-order valence-corrected chi connectivity index (χ2v) is 10.3. The Balaban J connectivity index is 1.73. The molecule has 0 radical (unpaired) electrons. The fraction of sp³-hybridized carbons (Fsp3) is 0.438. The molecule has 11 heteroatoms. The van der Waals surface area contributed by atoms with Crippen molar-refractivity contribution in [1.29, 1.82) is 0 Å².